The van der Waals surface area contributed by atoms with E-state index in [4.69, 9.17) is 0 Å². The summed E-state index contributed by atoms with van der Waals surface area (Å²) >= 11 is 0. The molecule has 1 aromatic heterocycles. The summed E-state index contributed by atoms with van der Waals surface area (Å²) in [5.74, 6) is 0. The SMILES string of the molecule is C/N=C/Cc1cn(S(=O)(=O)c2ccc(C)cc2)cn1. The molecule has 6 heteroatoms. The Balaban J connectivity index is 2.34. The number of benzene rings is 1. The summed E-state index contributed by atoms with van der Waals surface area (Å²) in [5.41, 5.74) is 1.69. The number of nitrogens with zero attached hydrogens (tertiary/aromatic N) is 3. The predicted octanol–water partition coefficient (Wildman–Crippen LogP) is 1.67. The van der Waals surface area contributed by atoms with E-state index in [2.05, 4.69) is 9.98 Å². The number of aromatic nitrogens is 2. The van der Waals surface area contributed by atoms with Crippen LogP contribution >= 0.6 is 0 Å². The van der Waals surface area contributed by atoms with Gasteiger partial charge < -0.3 is 4.99 Å². The Morgan fingerprint density at radius 1 is 1.32 bits per heavy atom. The van der Waals surface area contributed by atoms with Gasteiger partial charge in [-0.05, 0) is 19.1 Å². The minimum atomic E-state index is -3.55. The first-order chi connectivity index (χ1) is 9.04. The summed E-state index contributed by atoms with van der Waals surface area (Å²) in [6.45, 7) is 1.91. The van der Waals surface area contributed by atoms with Crippen molar-refractivity contribution in [3.05, 3.63) is 48.0 Å². The molecule has 0 radical (unpaired) electrons. The third-order valence-electron chi connectivity index (χ3n) is 2.69. The van der Waals surface area contributed by atoms with Crippen molar-refractivity contribution in [2.24, 2.45) is 4.99 Å². The zero-order chi connectivity index (χ0) is 13.9. The molecule has 5 nitrogen and oxygen atoms in total. The fraction of sp³-hybridized carbons (Fsp3) is 0.231. The van der Waals surface area contributed by atoms with Crippen molar-refractivity contribution in [2.45, 2.75) is 18.2 Å². The summed E-state index contributed by atoms with van der Waals surface area (Å²) in [6.07, 6.45) is 5.03. The van der Waals surface area contributed by atoms with E-state index in [-0.39, 0.29) is 4.90 Å². The number of hydrogen-bond acceptors (Lipinski definition) is 4. The lowest BCUT2D eigenvalue weighted by atomic mass is 10.2. The summed E-state index contributed by atoms with van der Waals surface area (Å²) in [7, 11) is -1.88. The van der Waals surface area contributed by atoms with Gasteiger partial charge in [0.2, 0.25) is 0 Å². The quantitative estimate of drug-likeness (QED) is 0.799. The van der Waals surface area contributed by atoms with E-state index in [1.165, 1.54) is 12.5 Å². The minimum Gasteiger partial charge on any atom is -0.300 e. The Labute approximate surface area is 112 Å². The molecule has 0 N–H and O–H groups in total. The standard InChI is InChI=1S/C13H15N3O2S/c1-11-3-5-13(6-4-11)19(17,18)16-9-12(15-10-16)7-8-14-2/h3-6,8-10H,7H2,1-2H3/b14-8+. The lowest BCUT2D eigenvalue weighted by Crippen LogP contribution is -2.10. The van der Waals surface area contributed by atoms with E-state index in [1.54, 1.807) is 37.5 Å². The van der Waals surface area contributed by atoms with Crippen LogP contribution in [-0.2, 0) is 16.4 Å². The van der Waals surface area contributed by atoms with E-state index in [1.807, 2.05) is 6.92 Å². The van der Waals surface area contributed by atoms with Crippen molar-refractivity contribution < 1.29 is 8.42 Å². The van der Waals surface area contributed by atoms with Crippen LogP contribution in [0.5, 0.6) is 0 Å². The molecule has 0 aliphatic heterocycles. The Hall–Kier alpha value is -1.95. The summed E-state index contributed by atoms with van der Waals surface area (Å²) < 4.78 is 25.8. The van der Waals surface area contributed by atoms with Crippen LogP contribution in [-0.4, -0.2) is 30.6 Å². The molecular formula is C13H15N3O2S. The second kappa shape index (κ2) is 5.36. The highest BCUT2D eigenvalue weighted by molar-refractivity contribution is 7.90. The molecule has 0 aliphatic rings. The first-order valence-corrected chi connectivity index (χ1v) is 7.24. The molecule has 0 bridgehead atoms. The second-order valence-corrected chi connectivity index (χ2v) is 6.00. The van der Waals surface area contributed by atoms with Crippen molar-refractivity contribution in [1.29, 1.82) is 0 Å². The third kappa shape index (κ3) is 2.90. The molecule has 1 heterocycles. The molecule has 2 aromatic rings. The van der Waals surface area contributed by atoms with Crippen LogP contribution in [0.15, 0.2) is 46.7 Å². The Morgan fingerprint density at radius 2 is 2.00 bits per heavy atom. The van der Waals surface area contributed by atoms with Crippen molar-refractivity contribution in [3.63, 3.8) is 0 Å². The summed E-state index contributed by atoms with van der Waals surface area (Å²) in [4.78, 5) is 8.16. The Morgan fingerprint density at radius 3 is 2.63 bits per heavy atom. The maximum absolute atomic E-state index is 12.3. The van der Waals surface area contributed by atoms with E-state index < -0.39 is 10.0 Å². The molecule has 19 heavy (non-hydrogen) atoms. The molecule has 0 fully saturated rings. The van der Waals surface area contributed by atoms with Gasteiger partial charge in [0.05, 0.1) is 10.6 Å². The zero-order valence-corrected chi connectivity index (χ0v) is 11.6. The minimum absolute atomic E-state index is 0.256. The largest absolute Gasteiger partial charge is 0.300 e. The van der Waals surface area contributed by atoms with Crippen LogP contribution in [0.3, 0.4) is 0 Å². The molecule has 0 saturated carbocycles. The van der Waals surface area contributed by atoms with Gasteiger partial charge in [-0.1, -0.05) is 17.7 Å². The molecule has 2 rings (SSSR count). The van der Waals surface area contributed by atoms with E-state index in [0.717, 1.165) is 9.54 Å². The Bertz CT molecular complexity index is 685. The maximum Gasteiger partial charge on any atom is 0.268 e. The van der Waals surface area contributed by atoms with Crippen LogP contribution in [0.25, 0.3) is 0 Å². The lowest BCUT2D eigenvalue weighted by molar-refractivity contribution is 0.587. The molecule has 1 aromatic carbocycles. The van der Waals surface area contributed by atoms with Gasteiger partial charge in [0.15, 0.2) is 0 Å². The molecule has 0 unspecified atom stereocenters. The molecule has 0 atom stereocenters. The summed E-state index contributed by atoms with van der Waals surface area (Å²) in [5, 5.41) is 0. The van der Waals surface area contributed by atoms with Crippen LogP contribution in [0.4, 0.5) is 0 Å². The van der Waals surface area contributed by atoms with Crippen molar-refractivity contribution in [3.8, 4) is 0 Å². The average molecular weight is 277 g/mol. The fourth-order valence-electron chi connectivity index (χ4n) is 1.60. The number of aliphatic imine (C=N–C) groups is 1. The fourth-order valence-corrected chi connectivity index (χ4v) is 2.75. The first kappa shape index (κ1) is 13.5. The van der Waals surface area contributed by atoms with Crippen LogP contribution < -0.4 is 0 Å². The monoisotopic (exact) mass is 277 g/mol. The van der Waals surface area contributed by atoms with Gasteiger partial charge in [0.25, 0.3) is 10.0 Å². The predicted molar refractivity (Wildman–Crippen MR) is 74.1 cm³/mol. The van der Waals surface area contributed by atoms with Crippen LogP contribution in [0, 0.1) is 6.92 Å². The van der Waals surface area contributed by atoms with Crippen LogP contribution in [0.2, 0.25) is 0 Å². The van der Waals surface area contributed by atoms with Crippen molar-refractivity contribution in [2.75, 3.05) is 7.05 Å². The van der Waals surface area contributed by atoms with E-state index >= 15 is 0 Å². The van der Waals surface area contributed by atoms with Gasteiger partial charge in [-0.3, -0.25) is 0 Å². The van der Waals surface area contributed by atoms with Crippen molar-refractivity contribution in [1.82, 2.24) is 8.96 Å². The number of hydrogen-bond donors (Lipinski definition) is 0. The Kier molecular flexibility index (Phi) is 3.80. The highest BCUT2D eigenvalue weighted by Crippen LogP contribution is 2.14. The highest BCUT2D eigenvalue weighted by Gasteiger charge is 2.16. The van der Waals surface area contributed by atoms with Gasteiger partial charge in [0.1, 0.15) is 6.33 Å². The molecule has 0 amide bonds. The molecular weight excluding hydrogens is 262 g/mol. The van der Waals surface area contributed by atoms with Gasteiger partial charge in [0, 0.05) is 25.9 Å². The number of imidazole rings is 1. The van der Waals surface area contributed by atoms with Gasteiger partial charge in [-0.25, -0.2) is 17.4 Å². The van der Waals surface area contributed by atoms with Gasteiger partial charge in [-0.2, -0.15) is 0 Å². The highest BCUT2D eigenvalue weighted by atomic mass is 32.2. The average Bonchev–Trinajstić information content (AvgIpc) is 2.86. The normalized spacial score (nSPS) is 12.1. The third-order valence-corrected chi connectivity index (χ3v) is 4.32. The molecule has 100 valence electrons. The molecule has 0 saturated heterocycles. The van der Waals surface area contributed by atoms with Gasteiger partial charge in [-0.15, -0.1) is 0 Å². The number of rotatable bonds is 4. The van der Waals surface area contributed by atoms with E-state index in [0.29, 0.717) is 12.1 Å². The zero-order valence-electron chi connectivity index (χ0n) is 10.8. The summed E-state index contributed by atoms with van der Waals surface area (Å²) in [6, 6.07) is 6.73. The smallest absolute Gasteiger partial charge is 0.268 e. The topological polar surface area (TPSA) is 64.3 Å². The second-order valence-electron chi connectivity index (χ2n) is 4.16. The van der Waals surface area contributed by atoms with Gasteiger partial charge >= 0.3 is 0 Å². The van der Waals surface area contributed by atoms with E-state index in [9.17, 15) is 8.42 Å². The van der Waals surface area contributed by atoms with Crippen LogP contribution in [0.1, 0.15) is 11.3 Å². The maximum atomic E-state index is 12.3. The molecule has 0 spiro atoms. The lowest BCUT2D eigenvalue weighted by Gasteiger charge is -2.04. The number of aryl methyl sites for hydroxylation is 1. The van der Waals surface area contributed by atoms with Crippen molar-refractivity contribution >= 4 is 16.2 Å². The first-order valence-electron chi connectivity index (χ1n) is 5.80. The molecule has 0 aliphatic carbocycles.